The summed E-state index contributed by atoms with van der Waals surface area (Å²) in [5.41, 5.74) is 0. The Kier molecular flexibility index (Phi) is 3.12. The van der Waals surface area contributed by atoms with Gasteiger partial charge in [-0.15, -0.1) is 0 Å². The average molecular weight is 214 g/mol. The molecule has 0 fully saturated rings. The van der Waals surface area contributed by atoms with Crippen LogP contribution in [0.3, 0.4) is 0 Å². The summed E-state index contributed by atoms with van der Waals surface area (Å²) in [4.78, 5) is 0. The van der Waals surface area contributed by atoms with Gasteiger partial charge in [-0.3, -0.25) is 4.68 Å². The second kappa shape index (κ2) is 4.14. The maximum absolute atomic E-state index is 8.26. The molecule has 1 aromatic heterocycles. The van der Waals surface area contributed by atoms with Crippen LogP contribution in [0.5, 0.6) is 0 Å². The first-order valence-corrected chi connectivity index (χ1v) is 4.17. The SMILES string of the molecule is N#CCCCn1cc(Br)cn1. The van der Waals surface area contributed by atoms with E-state index >= 15 is 0 Å². The minimum absolute atomic E-state index is 0.595. The molecular formula is C7H8BrN3. The fraction of sp³-hybridized carbons (Fsp3) is 0.429. The lowest BCUT2D eigenvalue weighted by molar-refractivity contribution is 0.585. The van der Waals surface area contributed by atoms with E-state index < -0.39 is 0 Å². The molecule has 1 rings (SSSR count). The van der Waals surface area contributed by atoms with Crippen LogP contribution in [-0.2, 0) is 6.54 Å². The van der Waals surface area contributed by atoms with Gasteiger partial charge in [-0.1, -0.05) is 0 Å². The van der Waals surface area contributed by atoms with E-state index in [1.54, 1.807) is 6.20 Å². The van der Waals surface area contributed by atoms with E-state index in [2.05, 4.69) is 27.1 Å². The standard InChI is InChI=1S/C7H8BrN3/c8-7-5-10-11(6-7)4-2-1-3-9/h5-6H,1-2,4H2. The predicted octanol–water partition coefficient (Wildman–Crippen LogP) is 1.95. The molecule has 3 nitrogen and oxygen atoms in total. The maximum atomic E-state index is 8.26. The van der Waals surface area contributed by atoms with E-state index in [0.29, 0.717) is 6.42 Å². The summed E-state index contributed by atoms with van der Waals surface area (Å²) in [5.74, 6) is 0. The van der Waals surface area contributed by atoms with Crippen molar-refractivity contribution < 1.29 is 0 Å². The summed E-state index contributed by atoms with van der Waals surface area (Å²) in [5, 5.41) is 12.3. The van der Waals surface area contributed by atoms with E-state index in [0.717, 1.165) is 17.4 Å². The Hall–Kier alpha value is -0.820. The number of nitrogens with zero attached hydrogens (tertiary/aromatic N) is 3. The lowest BCUT2D eigenvalue weighted by Crippen LogP contribution is -1.96. The van der Waals surface area contributed by atoms with Crippen molar-refractivity contribution in [1.29, 1.82) is 5.26 Å². The zero-order valence-electron chi connectivity index (χ0n) is 6.00. The number of halogens is 1. The van der Waals surface area contributed by atoms with Crippen LogP contribution in [0.1, 0.15) is 12.8 Å². The number of hydrogen-bond acceptors (Lipinski definition) is 2. The van der Waals surface area contributed by atoms with Crippen molar-refractivity contribution in [2.45, 2.75) is 19.4 Å². The minimum atomic E-state index is 0.595. The zero-order chi connectivity index (χ0) is 8.10. The van der Waals surface area contributed by atoms with E-state index in [1.165, 1.54) is 0 Å². The highest BCUT2D eigenvalue weighted by Crippen LogP contribution is 2.06. The molecule has 0 radical (unpaired) electrons. The Labute approximate surface area is 73.8 Å². The zero-order valence-corrected chi connectivity index (χ0v) is 7.58. The van der Waals surface area contributed by atoms with E-state index in [1.807, 2.05) is 10.9 Å². The summed E-state index contributed by atoms with van der Waals surface area (Å²) in [6.45, 7) is 0.819. The lowest BCUT2D eigenvalue weighted by Gasteiger charge is -1.95. The Balaban J connectivity index is 2.34. The topological polar surface area (TPSA) is 41.6 Å². The van der Waals surface area contributed by atoms with Gasteiger partial charge in [0.05, 0.1) is 16.7 Å². The van der Waals surface area contributed by atoms with E-state index in [4.69, 9.17) is 5.26 Å². The molecule has 0 saturated carbocycles. The number of aromatic nitrogens is 2. The van der Waals surface area contributed by atoms with Crippen molar-refractivity contribution in [2.24, 2.45) is 0 Å². The van der Waals surface area contributed by atoms with Crippen molar-refractivity contribution in [3.8, 4) is 6.07 Å². The van der Waals surface area contributed by atoms with Gasteiger partial charge in [0.25, 0.3) is 0 Å². The number of unbranched alkanes of at least 4 members (excludes halogenated alkanes) is 1. The molecule has 0 aliphatic rings. The molecule has 0 unspecified atom stereocenters. The van der Waals surface area contributed by atoms with Gasteiger partial charge < -0.3 is 0 Å². The van der Waals surface area contributed by atoms with Crippen molar-refractivity contribution >= 4 is 15.9 Å². The normalized spacial score (nSPS) is 9.45. The second-order valence-corrected chi connectivity index (χ2v) is 3.10. The predicted molar refractivity (Wildman–Crippen MR) is 44.8 cm³/mol. The highest BCUT2D eigenvalue weighted by Gasteiger charge is 1.93. The third-order valence-corrected chi connectivity index (χ3v) is 1.69. The fourth-order valence-corrected chi connectivity index (χ4v) is 1.11. The molecular weight excluding hydrogens is 206 g/mol. The largest absolute Gasteiger partial charge is 0.272 e. The van der Waals surface area contributed by atoms with Gasteiger partial charge in [-0.2, -0.15) is 10.4 Å². The van der Waals surface area contributed by atoms with Gasteiger partial charge in [0.2, 0.25) is 0 Å². The van der Waals surface area contributed by atoms with Crippen LogP contribution < -0.4 is 0 Å². The first kappa shape index (κ1) is 8.28. The molecule has 11 heavy (non-hydrogen) atoms. The molecule has 0 saturated heterocycles. The summed E-state index contributed by atoms with van der Waals surface area (Å²) < 4.78 is 2.80. The van der Waals surface area contributed by atoms with Gasteiger partial charge in [-0.05, 0) is 22.4 Å². The van der Waals surface area contributed by atoms with Gasteiger partial charge in [-0.25, -0.2) is 0 Å². The molecule has 0 amide bonds. The van der Waals surface area contributed by atoms with Crippen LogP contribution in [0.25, 0.3) is 0 Å². The Morgan fingerprint density at radius 1 is 1.73 bits per heavy atom. The van der Waals surface area contributed by atoms with Crippen molar-refractivity contribution in [2.75, 3.05) is 0 Å². The van der Waals surface area contributed by atoms with Crippen molar-refractivity contribution in [3.05, 3.63) is 16.9 Å². The van der Waals surface area contributed by atoms with Gasteiger partial charge >= 0.3 is 0 Å². The molecule has 0 aliphatic heterocycles. The molecule has 0 spiro atoms. The molecule has 1 heterocycles. The van der Waals surface area contributed by atoms with Crippen LogP contribution >= 0.6 is 15.9 Å². The van der Waals surface area contributed by atoms with E-state index in [-0.39, 0.29) is 0 Å². The average Bonchev–Trinajstić information content (AvgIpc) is 2.37. The first-order valence-electron chi connectivity index (χ1n) is 3.38. The van der Waals surface area contributed by atoms with Crippen molar-refractivity contribution in [1.82, 2.24) is 9.78 Å². The number of hydrogen-bond donors (Lipinski definition) is 0. The summed E-state index contributed by atoms with van der Waals surface area (Å²) in [6.07, 6.45) is 5.10. The second-order valence-electron chi connectivity index (χ2n) is 2.18. The summed E-state index contributed by atoms with van der Waals surface area (Å²) in [6, 6.07) is 2.09. The monoisotopic (exact) mass is 213 g/mol. The lowest BCUT2D eigenvalue weighted by atomic mass is 10.3. The minimum Gasteiger partial charge on any atom is -0.272 e. The molecule has 4 heteroatoms. The van der Waals surface area contributed by atoms with Crippen LogP contribution in [0.15, 0.2) is 16.9 Å². The third-order valence-electron chi connectivity index (χ3n) is 1.28. The molecule has 0 atom stereocenters. The smallest absolute Gasteiger partial charge is 0.0632 e. The third kappa shape index (κ3) is 2.72. The molecule has 0 aliphatic carbocycles. The van der Waals surface area contributed by atoms with Gasteiger partial charge in [0, 0.05) is 19.2 Å². The summed E-state index contributed by atoms with van der Waals surface area (Å²) >= 11 is 3.29. The van der Waals surface area contributed by atoms with Crippen LogP contribution in [0, 0.1) is 11.3 Å². The Bertz CT molecular complexity index is 261. The highest BCUT2D eigenvalue weighted by atomic mass is 79.9. The number of nitriles is 1. The van der Waals surface area contributed by atoms with Crippen LogP contribution in [0.4, 0.5) is 0 Å². The summed E-state index contributed by atoms with van der Waals surface area (Å²) in [7, 11) is 0. The van der Waals surface area contributed by atoms with Crippen LogP contribution in [0.2, 0.25) is 0 Å². The molecule has 0 aromatic carbocycles. The number of aryl methyl sites for hydroxylation is 1. The molecule has 58 valence electrons. The maximum Gasteiger partial charge on any atom is 0.0632 e. The molecule has 1 aromatic rings. The van der Waals surface area contributed by atoms with Crippen molar-refractivity contribution in [3.63, 3.8) is 0 Å². The van der Waals surface area contributed by atoms with E-state index in [9.17, 15) is 0 Å². The number of rotatable bonds is 3. The quantitative estimate of drug-likeness (QED) is 0.721. The van der Waals surface area contributed by atoms with Crippen LogP contribution in [-0.4, -0.2) is 9.78 Å². The Morgan fingerprint density at radius 2 is 2.55 bits per heavy atom. The first-order chi connectivity index (χ1) is 5.33. The van der Waals surface area contributed by atoms with Gasteiger partial charge in [0.15, 0.2) is 0 Å². The fourth-order valence-electron chi connectivity index (χ4n) is 0.781. The Morgan fingerprint density at radius 3 is 3.09 bits per heavy atom. The van der Waals surface area contributed by atoms with Gasteiger partial charge in [0.1, 0.15) is 0 Å². The molecule has 0 bridgehead atoms. The highest BCUT2D eigenvalue weighted by molar-refractivity contribution is 9.10. The molecule has 0 N–H and O–H groups in total.